The average molecular weight is 396 g/mol. The smallest absolute Gasteiger partial charge is 0.403 e. The van der Waals surface area contributed by atoms with Crippen LogP contribution in [0.15, 0.2) is 24.3 Å². The van der Waals surface area contributed by atoms with E-state index in [-0.39, 0.29) is 36.5 Å². The van der Waals surface area contributed by atoms with Crippen molar-refractivity contribution in [3.63, 3.8) is 0 Å². The number of amides is 1. The van der Waals surface area contributed by atoms with Crippen LogP contribution in [0.1, 0.15) is 52.5 Å². The van der Waals surface area contributed by atoms with E-state index in [1.807, 2.05) is 45.9 Å². The molecule has 1 heterocycles. The lowest BCUT2D eigenvalue weighted by atomic mass is 9.69. The van der Waals surface area contributed by atoms with Crippen LogP contribution in [-0.4, -0.2) is 37.4 Å². The minimum absolute atomic E-state index is 0.0816. The number of carbonyl (C=O) groups is 1. The number of nitrogens with two attached hydrogens (primary N) is 1. The summed E-state index contributed by atoms with van der Waals surface area (Å²) < 4.78 is 18.1. The zero-order valence-corrected chi connectivity index (χ0v) is 17.6. The molecule has 5 nitrogen and oxygen atoms in total. The highest BCUT2D eigenvalue weighted by Gasteiger charge is 2.53. The number of rotatable bonds is 10. The van der Waals surface area contributed by atoms with Gasteiger partial charge in [-0.25, -0.2) is 0 Å². The van der Waals surface area contributed by atoms with Gasteiger partial charge in [0.15, 0.2) is 0 Å². The third-order valence-corrected chi connectivity index (χ3v) is 5.65. The molecule has 0 aliphatic carbocycles. The molecule has 7 heteroatoms. The van der Waals surface area contributed by atoms with E-state index in [9.17, 15) is 4.79 Å². The van der Waals surface area contributed by atoms with E-state index in [0.29, 0.717) is 13.2 Å². The minimum Gasteiger partial charge on any atom is -0.403 e. The number of ether oxygens (including phenoxy) is 1. The second kappa shape index (κ2) is 9.42. The largest absolute Gasteiger partial charge is 0.463 e. The third kappa shape index (κ3) is 6.49. The van der Waals surface area contributed by atoms with Gasteiger partial charge in [-0.1, -0.05) is 23.7 Å². The van der Waals surface area contributed by atoms with Crippen molar-refractivity contribution in [3.05, 3.63) is 34.9 Å². The summed E-state index contributed by atoms with van der Waals surface area (Å²) in [7, 11) is -0.331. The zero-order valence-electron chi connectivity index (χ0n) is 16.8. The Hall–Kier alpha value is -1.08. The second-order valence-corrected chi connectivity index (χ2v) is 8.63. The van der Waals surface area contributed by atoms with Crippen molar-refractivity contribution in [1.29, 1.82) is 0 Å². The maximum Gasteiger partial charge on any atom is 0.463 e. The van der Waals surface area contributed by atoms with Gasteiger partial charge in [-0.15, -0.1) is 0 Å². The molecule has 0 saturated carbocycles. The molecule has 0 bridgehead atoms. The first kappa shape index (κ1) is 22.2. The van der Waals surface area contributed by atoms with Gasteiger partial charge in [0.1, 0.15) is 0 Å². The molecule has 150 valence electrons. The van der Waals surface area contributed by atoms with Gasteiger partial charge >= 0.3 is 7.12 Å². The number of carbonyl (C=O) groups excluding carboxylic acids is 1. The number of hydrogen-bond acceptors (Lipinski definition) is 4. The van der Waals surface area contributed by atoms with E-state index in [0.717, 1.165) is 24.3 Å². The summed E-state index contributed by atoms with van der Waals surface area (Å²) in [6.07, 6.45) is 3.00. The second-order valence-electron chi connectivity index (χ2n) is 8.20. The molecule has 1 aromatic carbocycles. The summed E-state index contributed by atoms with van der Waals surface area (Å²) in [4.78, 5) is 10.9. The molecule has 0 aromatic heterocycles. The van der Waals surface area contributed by atoms with Gasteiger partial charge in [0.25, 0.3) is 0 Å². The lowest BCUT2D eigenvalue weighted by Crippen LogP contribution is -2.41. The number of aryl methyl sites for hydroxylation is 1. The van der Waals surface area contributed by atoms with Gasteiger partial charge in [0.05, 0.1) is 17.8 Å². The van der Waals surface area contributed by atoms with Crippen LogP contribution in [0.4, 0.5) is 0 Å². The predicted molar refractivity (Wildman–Crippen MR) is 109 cm³/mol. The van der Waals surface area contributed by atoms with Crippen LogP contribution < -0.4 is 5.73 Å². The van der Waals surface area contributed by atoms with Gasteiger partial charge in [0, 0.05) is 23.9 Å². The third-order valence-electron chi connectivity index (χ3n) is 5.41. The summed E-state index contributed by atoms with van der Waals surface area (Å²) in [5.41, 5.74) is 5.64. The predicted octanol–water partition coefficient (Wildman–Crippen LogP) is 4.02. The summed E-state index contributed by atoms with van der Waals surface area (Å²) in [6, 6.07) is 7.93. The first-order chi connectivity index (χ1) is 12.6. The van der Waals surface area contributed by atoms with Crippen molar-refractivity contribution in [2.75, 3.05) is 13.2 Å². The SMILES string of the molecule is CC1(C)OB([C@H](CCCc2cccc(Cl)c2)COCCC(N)=O)OC1(C)C. The number of halogens is 1. The summed E-state index contributed by atoms with van der Waals surface area (Å²) in [5.74, 6) is -0.277. The van der Waals surface area contributed by atoms with Crippen molar-refractivity contribution in [2.45, 2.75) is 70.4 Å². The Morgan fingerprint density at radius 1 is 1.26 bits per heavy atom. The van der Waals surface area contributed by atoms with Crippen molar-refractivity contribution < 1.29 is 18.8 Å². The maximum atomic E-state index is 10.9. The molecule has 1 saturated heterocycles. The molecule has 0 spiro atoms. The highest BCUT2D eigenvalue weighted by atomic mass is 35.5. The summed E-state index contributed by atoms with van der Waals surface area (Å²) >= 11 is 6.06. The number of hydrogen-bond donors (Lipinski definition) is 1. The van der Waals surface area contributed by atoms with Gasteiger partial charge in [-0.05, 0) is 64.7 Å². The standard InChI is InChI=1S/C20H31BClNO4/c1-19(2)20(3,4)27-21(26-19)16(14-25-12-11-18(23)24)9-5-7-15-8-6-10-17(22)13-15/h6,8,10,13,16H,5,7,9,11-12,14H2,1-4H3,(H2,23,24)/t16-/m1/s1. The lowest BCUT2D eigenvalue weighted by Gasteiger charge is -2.32. The fourth-order valence-corrected chi connectivity index (χ4v) is 3.26. The molecule has 1 aromatic rings. The minimum atomic E-state index is -0.379. The van der Waals surface area contributed by atoms with Crippen LogP contribution in [-0.2, 0) is 25.3 Å². The quantitative estimate of drug-likeness (QED) is 0.480. The van der Waals surface area contributed by atoms with E-state index in [2.05, 4.69) is 6.07 Å². The van der Waals surface area contributed by atoms with Crippen molar-refractivity contribution in [3.8, 4) is 0 Å². The molecule has 1 fully saturated rings. The molecule has 1 aliphatic rings. The zero-order chi connectivity index (χ0) is 20.1. The van der Waals surface area contributed by atoms with Crippen molar-refractivity contribution in [1.82, 2.24) is 0 Å². The molecule has 1 aliphatic heterocycles. The molecule has 1 atom stereocenters. The molecule has 1 amide bonds. The van der Waals surface area contributed by atoms with Crippen LogP contribution in [0.25, 0.3) is 0 Å². The Kier molecular flexibility index (Phi) is 7.75. The monoisotopic (exact) mass is 395 g/mol. The summed E-state index contributed by atoms with van der Waals surface area (Å²) in [6.45, 7) is 8.97. The van der Waals surface area contributed by atoms with Crippen LogP contribution in [0.2, 0.25) is 10.8 Å². The first-order valence-electron chi connectivity index (χ1n) is 9.57. The fraction of sp³-hybridized carbons (Fsp3) is 0.650. The van der Waals surface area contributed by atoms with E-state index in [4.69, 9.17) is 31.4 Å². The van der Waals surface area contributed by atoms with Crippen LogP contribution in [0.5, 0.6) is 0 Å². The Balaban J connectivity index is 1.94. The molecule has 27 heavy (non-hydrogen) atoms. The Morgan fingerprint density at radius 2 is 1.93 bits per heavy atom. The van der Waals surface area contributed by atoms with Crippen LogP contribution in [0, 0.1) is 0 Å². The fourth-order valence-electron chi connectivity index (χ4n) is 3.05. The highest BCUT2D eigenvalue weighted by Crippen LogP contribution is 2.41. The molecular formula is C20H31BClNO4. The lowest BCUT2D eigenvalue weighted by molar-refractivity contribution is -0.119. The number of benzene rings is 1. The van der Waals surface area contributed by atoms with Gasteiger partial charge < -0.3 is 19.8 Å². The van der Waals surface area contributed by atoms with Gasteiger partial charge in [-0.3, -0.25) is 4.79 Å². The molecule has 0 radical (unpaired) electrons. The molecule has 0 unspecified atom stereocenters. The van der Waals surface area contributed by atoms with E-state index < -0.39 is 0 Å². The van der Waals surface area contributed by atoms with E-state index in [1.165, 1.54) is 5.56 Å². The Morgan fingerprint density at radius 3 is 2.52 bits per heavy atom. The molecule has 2 N–H and O–H groups in total. The summed E-state index contributed by atoms with van der Waals surface area (Å²) in [5, 5.41) is 0.754. The normalized spacial score (nSPS) is 19.2. The van der Waals surface area contributed by atoms with Crippen molar-refractivity contribution >= 4 is 24.6 Å². The molecular weight excluding hydrogens is 364 g/mol. The van der Waals surface area contributed by atoms with Crippen molar-refractivity contribution in [2.24, 2.45) is 5.73 Å². The Labute approximate surface area is 168 Å². The highest BCUT2D eigenvalue weighted by molar-refractivity contribution is 6.47. The van der Waals surface area contributed by atoms with E-state index >= 15 is 0 Å². The Bertz CT molecular complexity index is 622. The maximum absolute atomic E-state index is 10.9. The van der Waals surface area contributed by atoms with Gasteiger partial charge in [0.2, 0.25) is 5.91 Å². The average Bonchev–Trinajstić information content (AvgIpc) is 2.77. The van der Waals surface area contributed by atoms with Crippen LogP contribution in [0.3, 0.4) is 0 Å². The van der Waals surface area contributed by atoms with E-state index in [1.54, 1.807) is 0 Å². The number of primary amides is 1. The molecule has 2 rings (SSSR count). The topological polar surface area (TPSA) is 70.8 Å². The van der Waals surface area contributed by atoms with Crippen LogP contribution >= 0.6 is 11.6 Å². The van der Waals surface area contributed by atoms with Gasteiger partial charge in [-0.2, -0.15) is 0 Å². The first-order valence-corrected chi connectivity index (χ1v) is 9.95.